The Morgan fingerprint density at radius 2 is 1.69 bits per heavy atom. The van der Waals surface area contributed by atoms with Crippen molar-refractivity contribution in [3.8, 4) is 0 Å². The molecule has 1 fully saturated rings. The number of rotatable bonds is 5. The zero-order valence-electron chi connectivity index (χ0n) is 14.6. The summed E-state index contributed by atoms with van der Waals surface area (Å²) in [6, 6.07) is 17.8. The van der Waals surface area contributed by atoms with Crippen molar-refractivity contribution in [1.82, 2.24) is 4.90 Å². The molecule has 0 unspecified atom stereocenters. The lowest BCUT2D eigenvalue weighted by Gasteiger charge is -2.33. The van der Waals surface area contributed by atoms with Crippen molar-refractivity contribution >= 4 is 33.7 Å². The van der Waals surface area contributed by atoms with E-state index >= 15 is 0 Å². The average Bonchev–Trinajstić information content (AvgIpc) is 2.68. The molecule has 0 N–H and O–H groups in total. The van der Waals surface area contributed by atoms with Crippen molar-refractivity contribution in [1.29, 1.82) is 0 Å². The molecular weight excluding hydrogens is 390 g/mol. The fraction of sp³-hybridized carbons (Fsp3) is 0.273. The number of hydrogen-bond donors (Lipinski definition) is 0. The third kappa shape index (κ3) is 4.50. The molecule has 0 aromatic heterocycles. The van der Waals surface area contributed by atoms with Gasteiger partial charge in [-0.05, 0) is 47.6 Å². The average molecular weight is 412 g/mol. The predicted molar refractivity (Wildman–Crippen MR) is 108 cm³/mol. The van der Waals surface area contributed by atoms with Gasteiger partial charge in [0, 0.05) is 17.6 Å². The smallest absolute Gasteiger partial charge is 0.226 e. The summed E-state index contributed by atoms with van der Waals surface area (Å²) in [6.07, 6.45) is 4.74. The molecule has 26 heavy (non-hydrogen) atoms. The van der Waals surface area contributed by atoms with Crippen LogP contribution in [-0.2, 0) is 16.0 Å². The van der Waals surface area contributed by atoms with Gasteiger partial charge in [0.25, 0.3) is 0 Å². The van der Waals surface area contributed by atoms with Crippen molar-refractivity contribution in [3.05, 3.63) is 76.3 Å². The van der Waals surface area contributed by atoms with Gasteiger partial charge in [-0.15, -0.1) is 0 Å². The van der Waals surface area contributed by atoms with Gasteiger partial charge in [-0.1, -0.05) is 64.5 Å². The Labute approximate surface area is 162 Å². The summed E-state index contributed by atoms with van der Waals surface area (Å²) in [7, 11) is 0. The SMILES string of the molecule is O=C/C=C(\c1ccccc1Br)C1CCN(C(=O)Cc2ccccc2)CC1. The third-order valence-electron chi connectivity index (χ3n) is 4.92. The highest BCUT2D eigenvalue weighted by molar-refractivity contribution is 9.10. The molecule has 134 valence electrons. The zero-order chi connectivity index (χ0) is 18.4. The lowest BCUT2D eigenvalue weighted by atomic mass is 9.85. The highest BCUT2D eigenvalue weighted by atomic mass is 79.9. The van der Waals surface area contributed by atoms with Crippen LogP contribution in [0.5, 0.6) is 0 Å². The number of benzene rings is 2. The maximum atomic E-state index is 12.5. The largest absolute Gasteiger partial charge is 0.342 e. The second-order valence-electron chi connectivity index (χ2n) is 6.56. The Morgan fingerprint density at radius 1 is 1.04 bits per heavy atom. The fourth-order valence-corrected chi connectivity index (χ4v) is 4.05. The van der Waals surface area contributed by atoms with Gasteiger partial charge in [0.15, 0.2) is 0 Å². The molecule has 3 rings (SSSR count). The van der Waals surface area contributed by atoms with Crippen molar-refractivity contribution in [3.63, 3.8) is 0 Å². The number of hydrogen-bond acceptors (Lipinski definition) is 2. The van der Waals surface area contributed by atoms with E-state index in [-0.39, 0.29) is 5.91 Å². The van der Waals surface area contributed by atoms with E-state index in [9.17, 15) is 9.59 Å². The minimum atomic E-state index is 0.177. The summed E-state index contributed by atoms with van der Waals surface area (Å²) in [5, 5.41) is 0. The minimum Gasteiger partial charge on any atom is -0.342 e. The molecule has 0 atom stereocenters. The molecule has 0 aliphatic carbocycles. The normalized spacial score (nSPS) is 15.7. The molecule has 1 aliphatic heterocycles. The molecule has 2 aromatic rings. The van der Waals surface area contributed by atoms with Gasteiger partial charge in [0.05, 0.1) is 6.42 Å². The Morgan fingerprint density at radius 3 is 2.35 bits per heavy atom. The lowest BCUT2D eigenvalue weighted by molar-refractivity contribution is -0.131. The first-order valence-corrected chi connectivity index (χ1v) is 9.70. The van der Waals surface area contributed by atoms with Crippen LogP contribution in [0.1, 0.15) is 24.0 Å². The van der Waals surface area contributed by atoms with Crippen molar-refractivity contribution < 1.29 is 9.59 Å². The highest BCUT2D eigenvalue weighted by Crippen LogP contribution is 2.35. The van der Waals surface area contributed by atoms with Crippen LogP contribution < -0.4 is 0 Å². The van der Waals surface area contributed by atoms with E-state index in [2.05, 4.69) is 15.9 Å². The molecule has 1 amide bonds. The number of likely N-dealkylation sites (tertiary alicyclic amines) is 1. The van der Waals surface area contributed by atoms with Crippen LogP contribution in [0.2, 0.25) is 0 Å². The molecule has 2 aromatic carbocycles. The fourth-order valence-electron chi connectivity index (χ4n) is 3.54. The minimum absolute atomic E-state index is 0.177. The van der Waals surface area contributed by atoms with Gasteiger partial charge in [-0.2, -0.15) is 0 Å². The lowest BCUT2D eigenvalue weighted by Crippen LogP contribution is -2.39. The molecule has 1 heterocycles. The van der Waals surface area contributed by atoms with Crippen molar-refractivity contribution in [2.24, 2.45) is 5.92 Å². The first kappa shape index (κ1) is 18.6. The molecule has 4 heteroatoms. The summed E-state index contributed by atoms with van der Waals surface area (Å²) in [5.41, 5.74) is 3.17. The summed E-state index contributed by atoms with van der Waals surface area (Å²) >= 11 is 3.58. The van der Waals surface area contributed by atoms with Gasteiger partial charge in [0.1, 0.15) is 6.29 Å². The van der Waals surface area contributed by atoms with Gasteiger partial charge in [0.2, 0.25) is 5.91 Å². The molecule has 1 aliphatic rings. The van der Waals surface area contributed by atoms with Crippen molar-refractivity contribution in [2.75, 3.05) is 13.1 Å². The molecule has 0 bridgehead atoms. The number of carbonyl (C=O) groups excluding carboxylic acids is 2. The van der Waals surface area contributed by atoms with Crippen LogP contribution >= 0.6 is 15.9 Å². The van der Waals surface area contributed by atoms with E-state index in [1.807, 2.05) is 59.5 Å². The number of aldehydes is 1. The number of amides is 1. The van der Waals surface area contributed by atoms with E-state index < -0.39 is 0 Å². The second kappa shape index (κ2) is 8.95. The Balaban J connectivity index is 1.65. The molecule has 0 saturated carbocycles. The summed E-state index contributed by atoms with van der Waals surface area (Å²) in [6.45, 7) is 1.47. The van der Waals surface area contributed by atoms with Crippen molar-refractivity contribution in [2.45, 2.75) is 19.3 Å². The summed E-state index contributed by atoms with van der Waals surface area (Å²) < 4.78 is 0.996. The zero-order valence-corrected chi connectivity index (χ0v) is 16.2. The van der Waals surface area contributed by atoms with Crippen LogP contribution in [0.4, 0.5) is 0 Å². The van der Waals surface area contributed by atoms with E-state index in [1.165, 1.54) is 0 Å². The van der Waals surface area contributed by atoms with Crippen LogP contribution in [0, 0.1) is 5.92 Å². The van der Waals surface area contributed by atoms with Crippen LogP contribution in [0.3, 0.4) is 0 Å². The molecule has 0 radical (unpaired) electrons. The van der Waals surface area contributed by atoms with Crippen LogP contribution in [-0.4, -0.2) is 30.2 Å². The Hall–Kier alpha value is -2.20. The quantitative estimate of drug-likeness (QED) is 0.535. The first-order chi connectivity index (χ1) is 12.7. The molecule has 0 spiro atoms. The van der Waals surface area contributed by atoms with Gasteiger partial charge >= 0.3 is 0 Å². The first-order valence-electron chi connectivity index (χ1n) is 8.91. The maximum absolute atomic E-state index is 12.5. The topological polar surface area (TPSA) is 37.4 Å². The highest BCUT2D eigenvalue weighted by Gasteiger charge is 2.26. The number of piperidine rings is 1. The number of carbonyl (C=O) groups is 2. The molecule has 3 nitrogen and oxygen atoms in total. The monoisotopic (exact) mass is 411 g/mol. The Kier molecular flexibility index (Phi) is 6.40. The summed E-state index contributed by atoms with van der Waals surface area (Å²) in [5.74, 6) is 0.469. The van der Waals surface area contributed by atoms with E-state index in [1.54, 1.807) is 6.08 Å². The predicted octanol–water partition coefficient (Wildman–Crippen LogP) is 4.51. The molecule has 1 saturated heterocycles. The number of nitrogens with zero attached hydrogens (tertiary/aromatic N) is 1. The van der Waals surface area contributed by atoms with Crippen LogP contribution in [0.15, 0.2) is 65.1 Å². The van der Waals surface area contributed by atoms with Gasteiger partial charge in [-0.25, -0.2) is 0 Å². The van der Waals surface area contributed by atoms with E-state index in [0.717, 1.165) is 53.4 Å². The second-order valence-corrected chi connectivity index (χ2v) is 7.41. The molecular formula is C22H22BrNO2. The standard InChI is InChI=1S/C22H22BrNO2/c23-21-9-5-4-8-20(21)19(12-15-25)18-10-13-24(14-11-18)22(26)16-17-6-2-1-3-7-17/h1-9,12,15,18H,10-11,13-14,16H2/b19-12-. The van der Waals surface area contributed by atoms with Gasteiger partial charge < -0.3 is 4.90 Å². The van der Waals surface area contributed by atoms with E-state index in [4.69, 9.17) is 0 Å². The maximum Gasteiger partial charge on any atom is 0.226 e. The van der Waals surface area contributed by atoms with E-state index in [0.29, 0.717) is 12.3 Å². The summed E-state index contributed by atoms with van der Waals surface area (Å²) in [4.78, 5) is 25.7. The third-order valence-corrected chi connectivity index (χ3v) is 5.61. The van der Waals surface area contributed by atoms with Gasteiger partial charge in [-0.3, -0.25) is 9.59 Å². The number of halogens is 1. The van der Waals surface area contributed by atoms with Crippen LogP contribution in [0.25, 0.3) is 5.57 Å². The Bertz CT molecular complexity index is 793. The number of allylic oxidation sites excluding steroid dienone is 2.